The number of amides is 2. The van der Waals surface area contributed by atoms with E-state index < -0.39 is 21.9 Å². The zero-order chi connectivity index (χ0) is 30.6. The van der Waals surface area contributed by atoms with Crippen molar-refractivity contribution in [3.05, 3.63) is 89.5 Å². The van der Waals surface area contributed by atoms with Gasteiger partial charge in [-0.1, -0.05) is 36.4 Å². The van der Waals surface area contributed by atoms with Crippen LogP contribution in [0.25, 0.3) is 0 Å². The predicted octanol–water partition coefficient (Wildman–Crippen LogP) is 2.92. The van der Waals surface area contributed by atoms with E-state index >= 15 is 0 Å². The average Bonchev–Trinajstić information content (AvgIpc) is 3.34. The fraction of sp³-hybridized carbons (Fsp3) is 0.290. The Bertz CT molecular complexity index is 1650. The maximum atomic E-state index is 13.3. The van der Waals surface area contributed by atoms with Crippen LogP contribution in [-0.4, -0.2) is 82.4 Å². The molecule has 1 unspecified atom stereocenters. The van der Waals surface area contributed by atoms with Crippen molar-refractivity contribution < 1.29 is 27.5 Å². The third-order valence-electron chi connectivity index (χ3n) is 7.27. The highest BCUT2D eigenvalue weighted by Crippen LogP contribution is 2.37. The second-order valence-corrected chi connectivity index (χ2v) is 12.1. The minimum Gasteiger partial charge on any atom is -0.462 e. The van der Waals surface area contributed by atoms with Gasteiger partial charge in [-0.05, 0) is 54.4 Å². The molecule has 5 rings (SSSR count). The van der Waals surface area contributed by atoms with Crippen LogP contribution in [0.5, 0.6) is 0 Å². The third-order valence-corrected chi connectivity index (χ3v) is 8.42. The molecule has 11 nitrogen and oxygen atoms in total. The van der Waals surface area contributed by atoms with Crippen LogP contribution in [0, 0.1) is 0 Å². The van der Waals surface area contributed by atoms with Crippen molar-refractivity contribution >= 4 is 50.6 Å². The molecule has 224 valence electrons. The smallest absolute Gasteiger partial charge is 0.338 e. The zero-order valence-electron chi connectivity index (χ0n) is 23.9. The van der Waals surface area contributed by atoms with Crippen LogP contribution in [0.1, 0.15) is 34.3 Å². The lowest BCUT2D eigenvalue weighted by Gasteiger charge is -2.30. The Hall–Kier alpha value is -4.55. The van der Waals surface area contributed by atoms with Crippen molar-refractivity contribution in [2.75, 3.05) is 55.2 Å². The topological polar surface area (TPSA) is 137 Å². The molecule has 1 saturated heterocycles. The van der Waals surface area contributed by atoms with E-state index in [0.29, 0.717) is 60.1 Å². The van der Waals surface area contributed by atoms with Gasteiger partial charge in [0, 0.05) is 31.9 Å². The van der Waals surface area contributed by atoms with E-state index in [4.69, 9.17) is 9.73 Å². The summed E-state index contributed by atoms with van der Waals surface area (Å²) in [5.74, 6) is -1.78. The van der Waals surface area contributed by atoms with Gasteiger partial charge >= 0.3 is 5.97 Å². The number of esters is 1. The number of hydrogen-bond donors (Lipinski definition) is 2. The van der Waals surface area contributed by atoms with Crippen molar-refractivity contribution in [3.63, 3.8) is 0 Å². The maximum absolute atomic E-state index is 13.3. The summed E-state index contributed by atoms with van der Waals surface area (Å²) in [4.78, 5) is 45.0. The summed E-state index contributed by atoms with van der Waals surface area (Å²) in [5, 5.41) is 6.04. The molecule has 43 heavy (non-hydrogen) atoms. The molecule has 2 amide bonds. The second-order valence-electron chi connectivity index (χ2n) is 10.2. The monoisotopic (exact) mass is 603 g/mol. The van der Waals surface area contributed by atoms with E-state index in [-0.39, 0.29) is 25.0 Å². The fourth-order valence-corrected chi connectivity index (χ4v) is 6.00. The van der Waals surface area contributed by atoms with Crippen molar-refractivity contribution in [3.8, 4) is 0 Å². The van der Waals surface area contributed by atoms with E-state index in [1.807, 2.05) is 30.3 Å². The second kappa shape index (κ2) is 12.8. The fourth-order valence-electron chi connectivity index (χ4n) is 5.15. The Labute approximate surface area is 250 Å². The molecule has 2 heterocycles. The minimum atomic E-state index is -3.75. The van der Waals surface area contributed by atoms with E-state index in [1.165, 1.54) is 0 Å². The Morgan fingerprint density at radius 2 is 1.70 bits per heavy atom. The van der Waals surface area contributed by atoms with Crippen LogP contribution in [0.2, 0.25) is 0 Å². The molecule has 3 aromatic carbocycles. The lowest BCUT2D eigenvalue weighted by molar-refractivity contribution is -0.130. The lowest BCUT2D eigenvalue weighted by Crippen LogP contribution is -2.50. The Kier molecular flexibility index (Phi) is 8.88. The van der Waals surface area contributed by atoms with E-state index in [1.54, 1.807) is 54.3 Å². The van der Waals surface area contributed by atoms with Crippen LogP contribution in [-0.2, 0) is 24.3 Å². The Morgan fingerprint density at radius 3 is 2.35 bits per heavy atom. The lowest BCUT2D eigenvalue weighted by atomic mass is 9.90. The van der Waals surface area contributed by atoms with E-state index in [2.05, 4.69) is 10.6 Å². The van der Waals surface area contributed by atoms with Crippen molar-refractivity contribution in [1.82, 2.24) is 10.2 Å². The number of rotatable bonds is 9. The van der Waals surface area contributed by atoms with Gasteiger partial charge in [0.25, 0.3) is 0 Å². The molecule has 0 radical (unpaired) electrons. The number of ether oxygens (including phenoxy) is 1. The first-order valence-corrected chi connectivity index (χ1v) is 15.8. The van der Waals surface area contributed by atoms with Crippen molar-refractivity contribution in [2.45, 2.75) is 12.8 Å². The standard InChI is InChI=1S/C31H33N5O6S/c1-3-42-31(39)22-9-14-25-26(19-22)34-30(38)28(25)29(21-7-5-4-6-8-21)33-23-10-12-24(13-11-23)36(43(2,40)41)20-27(37)35-17-15-32-16-18-35/h4-14,19,28,32H,3,15-18,20H2,1-2H3,(H,34,38). The van der Waals surface area contributed by atoms with Gasteiger partial charge in [0.05, 0.1) is 35.5 Å². The van der Waals surface area contributed by atoms with Gasteiger partial charge in [-0.25, -0.2) is 13.2 Å². The highest BCUT2D eigenvalue weighted by atomic mass is 32.2. The van der Waals surface area contributed by atoms with Gasteiger partial charge < -0.3 is 20.3 Å². The van der Waals surface area contributed by atoms with Crippen LogP contribution in [0.4, 0.5) is 17.1 Å². The SMILES string of the molecule is CCOC(=O)c1ccc2c(c1)NC(=O)C2C(=Nc1ccc(N(CC(=O)N2CCNCC2)S(C)(=O)=O)cc1)c1ccccc1. The summed E-state index contributed by atoms with van der Waals surface area (Å²) in [7, 11) is -3.75. The number of hydrogen-bond acceptors (Lipinski definition) is 8. The van der Waals surface area contributed by atoms with Gasteiger partial charge in [0.15, 0.2) is 0 Å². The predicted molar refractivity (Wildman–Crippen MR) is 164 cm³/mol. The first kappa shape index (κ1) is 29.9. The highest BCUT2D eigenvalue weighted by molar-refractivity contribution is 7.92. The number of nitrogens with one attached hydrogen (secondary N) is 2. The maximum Gasteiger partial charge on any atom is 0.338 e. The number of anilines is 2. The molecule has 0 bridgehead atoms. The van der Waals surface area contributed by atoms with Crippen LogP contribution >= 0.6 is 0 Å². The zero-order valence-corrected chi connectivity index (χ0v) is 24.8. The molecule has 3 aromatic rings. The molecule has 0 spiro atoms. The molecular formula is C31H33N5O6S. The molecule has 0 saturated carbocycles. The Morgan fingerprint density at radius 1 is 1.00 bits per heavy atom. The highest BCUT2D eigenvalue weighted by Gasteiger charge is 2.36. The van der Waals surface area contributed by atoms with Crippen molar-refractivity contribution in [1.29, 1.82) is 0 Å². The molecule has 2 aliphatic rings. The number of benzene rings is 3. The first-order valence-electron chi connectivity index (χ1n) is 14.0. The van der Waals surface area contributed by atoms with Gasteiger partial charge in [-0.15, -0.1) is 0 Å². The van der Waals surface area contributed by atoms with Crippen LogP contribution in [0.3, 0.4) is 0 Å². The number of sulfonamides is 1. The molecule has 0 aliphatic carbocycles. The van der Waals surface area contributed by atoms with Crippen molar-refractivity contribution in [2.24, 2.45) is 4.99 Å². The van der Waals surface area contributed by atoms with Gasteiger partial charge in [-0.3, -0.25) is 18.9 Å². The number of fused-ring (bicyclic) bond motifs is 1. The molecular weight excluding hydrogens is 570 g/mol. The number of carbonyl (C=O) groups excluding carboxylic acids is 3. The molecule has 2 aliphatic heterocycles. The molecule has 1 fully saturated rings. The average molecular weight is 604 g/mol. The summed E-state index contributed by atoms with van der Waals surface area (Å²) in [6.45, 7) is 4.04. The van der Waals surface area contributed by atoms with Gasteiger partial charge in [-0.2, -0.15) is 0 Å². The molecule has 2 N–H and O–H groups in total. The largest absolute Gasteiger partial charge is 0.462 e. The van der Waals surface area contributed by atoms with E-state index in [9.17, 15) is 22.8 Å². The summed E-state index contributed by atoms with van der Waals surface area (Å²) in [5.41, 5.74) is 3.57. The van der Waals surface area contributed by atoms with Gasteiger partial charge in [0.1, 0.15) is 12.5 Å². The molecule has 1 atom stereocenters. The summed E-state index contributed by atoms with van der Waals surface area (Å²) in [6.07, 6.45) is 1.07. The van der Waals surface area contributed by atoms with Crippen LogP contribution in [0.15, 0.2) is 77.8 Å². The van der Waals surface area contributed by atoms with Gasteiger partial charge in [0.2, 0.25) is 21.8 Å². The number of piperazine rings is 1. The number of carbonyl (C=O) groups is 3. The normalized spacial score (nSPS) is 16.8. The number of aliphatic imine (C=N–C) groups is 1. The molecule has 12 heteroatoms. The first-order chi connectivity index (χ1) is 20.7. The Balaban J connectivity index is 1.47. The minimum absolute atomic E-state index is 0.239. The summed E-state index contributed by atoms with van der Waals surface area (Å²) >= 11 is 0. The number of nitrogens with zero attached hydrogens (tertiary/aromatic N) is 3. The van der Waals surface area contributed by atoms with E-state index in [0.717, 1.165) is 16.1 Å². The quantitative estimate of drug-likeness (QED) is 0.283. The molecule has 0 aromatic heterocycles. The van der Waals surface area contributed by atoms with Crippen LogP contribution < -0.4 is 14.9 Å². The summed E-state index contributed by atoms with van der Waals surface area (Å²) in [6, 6.07) is 20.8. The third kappa shape index (κ3) is 6.76. The summed E-state index contributed by atoms with van der Waals surface area (Å²) < 4.78 is 31.5.